The van der Waals surface area contributed by atoms with Gasteiger partial charge in [-0.15, -0.1) is 11.3 Å². The molecule has 0 spiro atoms. The molecule has 0 amide bonds. The first-order chi connectivity index (χ1) is 11.0. The fourth-order valence-electron chi connectivity index (χ4n) is 3.05. The lowest BCUT2D eigenvalue weighted by Gasteiger charge is -2.13. The molecule has 0 fully saturated rings. The molecule has 0 saturated heterocycles. The van der Waals surface area contributed by atoms with E-state index in [0.717, 1.165) is 32.0 Å². The summed E-state index contributed by atoms with van der Waals surface area (Å²) < 4.78 is 4.38. The molecule has 0 aliphatic heterocycles. The molecule has 0 aliphatic rings. The summed E-state index contributed by atoms with van der Waals surface area (Å²) in [6.07, 6.45) is 3.51. The maximum atomic E-state index is 13.0. The first-order valence-corrected chi connectivity index (χ1v) is 8.14. The van der Waals surface area contributed by atoms with E-state index in [9.17, 15) is 4.79 Å². The fourth-order valence-corrected chi connectivity index (χ4v) is 4.01. The normalized spacial score (nSPS) is 13.2. The zero-order chi connectivity index (χ0) is 16.3. The summed E-state index contributed by atoms with van der Waals surface area (Å²) in [6.45, 7) is 5.87. The molecule has 4 aromatic heterocycles. The van der Waals surface area contributed by atoms with Crippen molar-refractivity contribution in [2.75, 3.05) is 0 Å². The van der Waals surface area contributed by atoms with Crippen molar-refractivity contribution in [3.05, 3.63) is 39.0 Å². The van der Waals surface area contributed by atoms with E-state index in [-0.39, 0.29) is 11.6 Å². The Morgan fingerprint density at radius 2 is 2.09 bits per heavy atom. The highest BCUT2D eigenvalue weighted by molar-refractivity contribution is 7.19. The van der Waals surface area contributed by atoms with Gasteiger partial charge in [-0.2, -0.15) is 10.2 Å². The van der Waals surface area contributed by atoms with Crippen LogP contribution in [-0.4, -0.2) is 29.5 Å². The van der Waals surface area contributed by atoms with Crippen molar-refractivity contribution in [3.63, 3.8) is 0 Å². The van der Waals surface area contributed by atoms with E-state index in [1.165, 1.54) is 4.68 Å². The van der Waals surface area contributed by atoms with Crippen molar-refractivity contribution in [2.24, 2.45) is 7.05 Å². The van der Waals surface area contributed by atoms with Crippen LogP contribution >= 0.6 is 11.3 Å². The number of hydrogen-bond donors (Lipinski definition) is 1. The van der Waals surface area contributed by atoms with E-state index >= 15 is 0 Å². The molecule has 4 aromatic rings. The van der Waals surface area contributed by atoms with Crippen LogP contribution in [0.2, 0.25) is 0 Å². The minimum atomic E-state index is -0.211. The van der Waals surface area contributed by atoms with Crippen molar-refractivity contribution in [2.45, 2.75) is 26.8 Å². The lowest BCUT2D eigenvalue weighted by molar-refractivity contribution is 0.521. The van der Waals surface area contributed by atoms with Gasteiger partial charge in [0.05, 0.1) is 33.8 Å². The first kappa shape index (κ1) is 14.1. The number of aryl methyl sites for hydroxylation is 3. The number of hydrogen-bond acceptors (Lipinski definition) is 5. The summed E-state index contributed by atoms with van der Waals surface area (Å²) >= 11 is 1.59. The standard InChI is InChI=1S/C15H16N6OS/c1-7-5-16-19-11(7)8(2)21-15(22)12-10(6-17-21)13-14(20(12)4)18-9(3)23-13/h5-6,8H,1-4H3,(H,16,19). The summed E-state index contributed by atoms with van der Waals surface area (Å²) in [7, 11) is 1.88. The van der Waals surface area contributed by atoms with Gasteiger partial charge in [0.25, 0.3) is 5.56 Å². The Morgan fingerprint density at radius 1 is 1.30 bits per heavy atom. The number of nitrogens with one attached hydrogen (secondary N) is 1. The van der Waals surface area contributed by atoms with Gasteiger partial charge >= 0.3 is 0 Å². The second kappa shape index (κ2) is 4.76. The van der Waals surface area contributed by atoms with E-state index in [1.807, 2.05) is 32.4 Å². The van der Waals surface area contributed by atoms with Crippen molar-refractivity contribution >= 4 is 32.6 Å². The lowest BCUT2D eigenvalue weighted by Crippen LogP contribution is -2.28. The van der Waals surface area contributed by atoms with Gasteiger partial charge in [0, 0.05) is 12.4 Å². The molecule has 1 N–H and O–H groups in total. The van der Waals surface area contributed by atoms with Gasteiger partial charge in [0.2, 0.25) is 0 Å². The Hall–Kier alpha value is -2.48. The molecule has 8 heteroatoms. The van der Waals surface area contributed by atoms with Crippen LogP contribution in [0.1, 0.15) is 29.2 Å². The quantitative estimate of drug-likeness (QED) is 0.612. The van der Waals surface area contributed by atoms with Crippen LogP contribution in [0.4, 0.5) is 0 Å². The number of fused-ring (bicyclic) bond motifs is 3. The molecular formula is C15H16N6OS. The first-order valence-electron chi connectivity index (χ1n) is 7.32. The summed E-state index contributed by atoms with van der Waals surface area (Å²) in [6, 6.07) is -0.211. The third-order valence-corrected chi connectivity index (χ3v) is 5.24. The molecule has 1 atom stereocenters. The SMILES string of the molecule is Cc1nc2c(s1)c1cnn(C(C)c3[nH]ncc3C)c(=O)c1n2C. The van der Waals surface area contributed by atoms with Crippen LogP contribution in [0.15, 0.2) is 17.2 Å². The Kier molecular flexibility index (Phi) is 2.92. The topological polar surface area (TPSA) is 81.4 Å². The van der Waals surface area contributed by atoms with Gasteiger partial charge in [0.15, 0.2) is 5.65 Å². The third kappa shape index (κ3) is 1.88. The van der Waals surface area contributed by atoms with E-state index in [1.54, 1.807) is 23.7 Å². The molecule has 0 aliphatic carbocycles. The van der Waals surface area contributed by atoms with Crippen molar-refractivity contribution < 1.29 is 0 Å². The molecule has 23 heavy (non-hydrogen) atoms. The molecule has 4 rings (SSSR count). The lowest BCUT2D eigenvalue weighted by atomic mass is 10.1. The van der Waals surface area contributed by atoms with E-state index in [0.29, 0.717) is 5.52 Å². The Balaban J connectivity index is 2.00. The summed E-state index contributed by atoms with van der Waals surface area (Å²) in [5.74, 6) is 0. The Morgan fingerprint density at radius 3 is 2.78 bits per heavy atom. The molecule has 0 saturated carbocycles. The predicted molar refractivity (Wildman–Crippen MR) is 90.0 cm³/mol. The zero-order valence-electron chi connectivity index (χ0n) is 13.3. The van der Waals surface area contributed by atoms with Gasteiger partial charge in [-0.05, 0) is 26.3 Å². The van der Waals surface area contributed by atoms with Crippen molar-refractivity contribution in [3.8, 4) is 0 Å². The molecule has 0 radical (unpaired) electrons. The molecule has 1 unspecified atom stereocenters. The Bertz CT molecular complexity index is 1100. The van der Waals surface area contributed by atoms with Crippen LogP contribution in [0.25, 0.3) is 21.3 Å². The predicted octanol–water partition coefficient (Wildman–Crippen LogP) is 2.29. The third-order valence-electron chi connectivity index (χ3n) is 4.24. The number of H-pyrrole nitrogens is 1. The molecule has 118 valence electrons. The second-order valence-corrected chi connectivity index (χ2v) is 6.95. The summed E-state index contributed by atoms with van der Waals surface area (Å²) in [4.78, 5) is 17.5. The minimum absolute atomic E-state index is 0.116. The van der Waals surface area contributed by atoms with Crippen LogP contribution in [0, 0.1) is 13.8 Å². The van der Waals surface area contributed by atoms with Crippen LogP contribution in [-0.2, 0) is 7.05 Å². The van der Waals surface area contributed by atoms with Crippen LogP contribution in [0.3, 0.4) is 0 Å². The van der Waals surface area contributed by atoms with Gasteiger partial charge < -0.3 is 4.57 Å². The fraction of sp³-hybridized carbons (Fsp3) is 0.333. The number of nitrogens with zero attached hydrogens (tertiary/aromatic N) is 5. The number of aromatic nitrogens is 6. The number of thiazole rings is 1. The highest BCUT2D eigenvalue weighted by atomic mass is 32.1. The molecule has 0 bridgehead atoms. The zero-order valence-corrected chi connectivity index (χ0v) is 14.1. The molecule has 4 heterocycles. The van der Waals surface area contributed by atoms with Crippen molar-refractivity contribution in [1.29, 1.82) is 0 Å². The maximum absolute atomic E-state index is 13.0. The minimum Gasteiger partial charge on any atom is -0.323 e. The van der Waals surface area contributed by atoms with Gasteiger partial charge in [0.1, 0.15) is 5.52 Å². The van der Waals surface area contributed by atoms with Gasteiger partial charge in [-0.25, -0.2) is 9.67 Å². The largest absolute Gasteiger partial charge is 0.323 e. The average Bonchev–Trinajstić information content (AvgIpc) is 3.16. The summed E-state index contributed by atoms with van der Waals surface area (Å²) in [5.41, 5.74) is 3.26. The Labute approximate surface area is 135 Å². The monoisotopic (exact) mass is 328 g/mol. The average molecular weight is 328 g/mol. The van der Waals surface area contributed by atoms with Crippen LogP contribution < -0.4 is 5.56 Å². The van der Waals surface area contributed by atoms with Crippen molar-refractivity contribution in [1.82, 2.24) is 29.5 Å². The van der Waals surface area contributed by atoms with E-state index < -0.39 is 0 Å². The number of rotatable bonds is 2. The highest BCUT2D eigenvalue weighted by Gasteiger charge is 2.21. The maximum Gasteiger partial charge on any atom is 0.291 e. The van der Waals surface area contributed by atoms with Gasteiger partial charge in [-0.3, -0.25) is 9.89 Å². The molecular weight excluding hydrogens is 312 g/mol. The second-order valence-electron chi connectivity index (χ2n) is 5.74. The van der Waals surface area contributed by atoms with Gasteiger partial charge in [-0.1, -0.05) is 0 Å². The van der Waals surface area contributed by atoms with Crippen LogP contribution in [0.5, 0.6) is 0 Å². The smallest absolute Gasteiger partial charge is 0.291 e. The number of aromatic amines is 1. The van der Waals surface area contributed by atoms with E-state index in [2.05, 4.69) is 20.3 Å². The molecule has 7 nitrogen and oxygen atoms in total. The van der Waals surface area contributed by atoms with E-state index in [4.69, 9.17) is 0 Å². The summed E-state index contributed by atoms with van der Waals surface area (Å²) in [5, 5.41) is 13.2. The molecule has 0 aromatic carbocycles. The highest BCUT2D eigenvalue weighted by Crippen LogP contribution is 2.30.